The Morgan fingerprint density at radius 3 is 2.61 bits per heavy atom. The molecule has 6 nitrogen and oxygen atoms in total. The van der Waals surface area contributed by atoms with Crippen LogP contribution >= 0.6 is 15.9 Å². The summed E-state index contributed by atoms with van der Waals surface area (Å²) in [6.45, 7) is 2.79. The highest BCUT2D eigenvalue weighted by molar-refractivity contribution is 9.10. The zero-order valence-electron chi connectivity index (χ0n) is 15.3. The molecule has 140 valence electrons. The predicted octanol–water partition coefficient (Wildman–Crippen LogP) is 5.27. The van der Waals surface area contributed by atoms with Crippen molar-refractivity contribution in [2.75, 3.05) is 22.5 Å². The Kier molecular flexibility index (Phi) is 5.08. The van der Waals surface area contributed by atoms with Gasteiger partial charge in [-0.1, -0.05) is 36.4 Å². The summed E-state index contributed by atoms with van der Waals surface area (Å²) in [7, 11) is 0. The maximum Gasteiger partial charge on any atom is 0.161 e. The molecule has 0 bridgehead atoms. The van der Waals surface area contributed by atoms with Crippen molar-refractivity contribution in [2.45, 2.75) is 6.92 Å². The SMILES string of the molecule is CCN(c1ncnc(Nc2ccc(Br)cn2)c1N)c1cccc2ccccc12. The lowest BCUT2D eigenvalue weighted by Gasteiger charge is -2.25. The topological polar surface area (TPSA) is 80.0 Å². The number of anilines is 5. The zero-order chi connectivity index (χ0) is 19.5. The highest BCUT2D eigenvalue weighted by Crippen LogP contribution is 2.36. The van der Waals surface area contributed by atoms with Crippen LogP contribution in [0.25, 0.3) is 10.8 Å². The Hall–Kier alpha value is -3.19. The van der Waals surface area contributed by atoms with E-state index >= 15 is 0 Å². The third-order valence-electron chi connectivity index (χ3n) is 4.47. The number of rotatable bonds is 5. The fraction of sp³-hybridized carbons (Fsp3) is 0.0952. The summed E-state index contributed by atoms with van der Waals surface area (Å²) < 4.78 is 0.905. The molecular weight excluding hydrogens is 416 g/mol. The smallest absolute Gasteiger partial charge is 0.161 e. The Morgan fingerprint density at radius 1 is 1.00 bits per heavy atom. The van der Waals surface area contributed by atoms with Crippen LogP contribution in [-0.4, -0.2) is 21.5 Å². The highest BCUT2D eigenvalue weighted by Gasteiger charge is 2.17. The second-order valence-electron chi connectivity index (χ2n) is 6.19. The van der Waals surface area contributed by atoms with Crippen LogP contribution < -0.4 is 16.0 Å². The number of aromatic nitrogens is 3. The van der Waals surface area contributed by atoms with E-state index in [1.165, 1.54) is 11.7 Å². The molecule has 4 rings (SSSR count). The largest absolute Gasteiger partial charge is 0.393 e. The van der Waals surface area contributed by atoms with E-state index in [1.54, 1.807) is 6.20 Å². The van der Waals surface area contributed by atoms with Gasteiger partial charge in [-0.3, -0.25) is 0 Å². The molecule has 4 aromatic rings. The van der Waals surface area contributed by atoms with E-state index in [0.29, 0.717) is 29.7 Å². The van der Waals surface area contributed by atoms with Crippen molar-refractivity contribution >= 4 is 55.5 Å². The fourth-order valence-corrected chi connectivity index (χ4v) is 3.38. The monoisotopic (exact) mass is 434 g/mol. The molecule has 0 spiro atoms. The van der Waals surface area contributed by atoms with Gasteiger partial charge in [-0.15, -0.1) is 0 Å². The van der Waals surface area contributed by atoms with E-state index in [2.05, 4.69) is 72.3 Å². The number of nitrogens with one attached hydrogen (secondary N) is 1. The van der Waals surface area contributed by atoms with E-state index in [0.717, 1.165) is 15.5 Å². The molecule has 0 aliphatic heterocycles. The minimum atomic E-state index is 0.474. The molecule has 3 N–H and O–H groups in total. The molecule has 2 aromatic carbocycles. The molecule has 0 saturated carbocycles. The fourth-order valence-electron chi connectivity index (χ4n) is 3.15. The molecule has 0 amide bonds. The lowest BCUT2D eigenvalue weighted by Crippen LogP contribution is -2.20. The van der Waals surface area contributed by atoms with Gasteiger partial charge in [0.1, 0.15) is 17.8 Å². The summed E-state index contributed by atoms with van der Waals surface area (Å²) in [6, 6.07) is 18.3. The minimum Gasteiger partial charge on any atom is -0.393 e. The first-order valence-electron chi connectivity index (χ1n) is 8.91. The number of benzene rings is 2. The molecule has 0 fully saturated rings. The van der Waals surface area contributed by atoms with E-state index in [-0.39, 0.29) is 0 Å². The molecule has 2 aromatic heterocycles. The summed E-state index contributed by atoms with van der Waals surface area (Å²) >= 11 is 3.38. The second kappa shape index (κ2) is 7.82. The van der Waals surface area contributed by atoms with Crippen molar-refractivity contribution in [1.82, 2.24) is 15.0 Å². The predicted molar refractivity (Wildman–Crippen MR) is 118 cm³/mol. The quantitative estimate of drug-likeness (QED) is 0.445. The Bertz CT molecular complexity index is 1110. The molecule has 0 atom stereocenters. The van der Waals surface area contributed by atoms with Crippen LogP contribution in [0.2, 0.25) is 0 Å². The van der Waals surface area contributed by atoms with Crippen LogP contribution in [0.4, 0.5) is 28.8 Å². The summed E-state index contributed by atoms with van der Waals surface area (Å²) in [5.74, 6) is 1.85. The molecular formula is C21H19BrN6. The van der Waals surface area contributed by atoms with Gasteiger partial charge in [0, 0.05) is 22.6 Å². The molecule has 2 heterocycles. The Balaban J connectivity index is 1.76. The van der Waals surface area contributed by atoms with Gasteiger partial charge in [0.2, 0.25) is 0 Å². The van der Waals surface area contributed by atoms with Gasteiger partial charge in [-0.25, -0.2) is 15.0 Å². The van der Waals surface area contributed by atoms with Crippen LogP contribution in [0.5, 0.6) is 0 Å². The standard InChI is InChI=1S/C21H19BrN6/c1-2-28(17-9-5-7-14-6-3-4-8-16(14)17)21-19(23)20(25-13-26-21)27-18-11-10-15(22)12-24-18/h3-13H,2,23H2,1H3,(H,24,25,26,27). The van der Waals surface area contributed by atoms with Crippen molar-refractivity contribution < 1.29 is 0 Å². The van der Waals surface area contributed by atoms with Crippen LogP contribution in [-0.2, 0) is 0 Å². The number of hydrogen-bond acceptors (Lipinski definition) is 6. The average molecular weight is 435 g/mol. The number of halogens is 1. The molecule has 0 aliphatic carbocycles. The van der Waals surface area contributed by atoms with Crippen LogP contribution in [0, 0.1) is 0 Å². The van der Waals surface area contributed by atoms with E-state index in [9.17, 15) is 0 Å². The molecule has 0 radical (unpaired) electrons. The number of fused-ring (bicyclic) bond motifs is 1. The summed E-state index contributed by atoms with van der Waals surface area (Å²) in [4.78, 5) is 15.2. The van der Waals surface area contributed by atoms with Gasteiger partial charge in [0.15, 0.2) is 11.6 Å². The van der Waals surface area contributed by atoms with Crippen molar-refractivity contribution in [1.29, 1.82) is 0 Å². The number of pyridine rings is 1. The third-order valence-corrected chi connectivity index (χ3v) is 4.94. The van der Waals surface area contributed by atoms with Crippen LogP contribution in [0.3, 0.4) is 0 Å². The van der Waals surface area contributed by atoms with Gasteiger partial charge >= 0.3 is 0 Å². The summed E-state index contributed by atoms with van der Waals surface area (Å²) in [5.41, 5.74) is 7.98. The van der Waals surface area contributed by atoms with Crippen molar-refractivity contribution in [2.24, 2.45) is 0 Å². The molecule has 0 unspecified atom stereocenters. The number of nitrogens with two attached hydrogens (primary N) is 1. The van der Waals surface area contributed by atoms with Crippen molar-refractivity contribution in [3.63, 3.8) is 0 Å². The summed E-state index contributed by atoms with van der Waals surface area (Å²) in [5, 5.41) is 5.49. The van der Waals surface area contributed by atoms with E-state index < -0.39 is 0 Å². The highest BCUT2D eigenvalue weighted by atomic mass is 79.9. The lowest BCUT2D eigenvalue weighted by molar-refractivity contribution is 0.984. The molecule has 0 saturated heterocycles. The number of nitrogen functional groups attached to an aromatic ring is 1. The van der Waals surface area contributed by atoms with Crippen molar-refractivity contribution in [3.05, 3.63) is 71.6 Å². The van der Waals surface area contributed by atoms with Gasteiger partial charge in [-0.05, 0) is 46.4 Å². The molecule has 7 heteroatoms. The first-order chi connectivity index (χ1) is 13.7. The number of nitrogens with zero attached hydrogens (tertiary/aromatic N) is 4. The maximum atomic E-state index is 6.45. The van der Waals surface area contributed by atoms with Gasteiger partial charge in [0.25, 0.3) is 0 Å². The molecule has 28 heavy (non-hydrogen) atoms. The lowest BCUT2D eigenvalue weighted by atomic mass is 10.1. The van der Waals surface area contributed by atoms with E-state index in [4.69, 9.17) is 5.73 Å². The second-order valence-corrected chi connectivity index (χ2v) is 7.10. The Morgan fingerprint density at radius 2 is 1.82 bits per heavy atom. The normalized spacial score (nSPS) is 10.8. The summed E-state index contributed by atoms with van der Waals surface area (Å²) in [6.07, 6.45) is 3.23. The van der Waals surface area contributed by atoms with Crippen molar-refractivity contribution in [3.8, 4) is 0 Å². The van der Waals surface area contributed by atoms with Gasteiger partial charge < -0.3 is 16.0 Å². The van der Waals surface area contributed by atoms with Crippen LogP contribution in [0.1, 0.15) is 6.92 Å². The third kappa shape index (κ3) is 3.48. The van der Waals surface area contributed by atoms with E-state index in [1.807, 2.05) is 30.3 Å². The first-order valence-corrected chi connectivity index (χ1v) is 9.71. The minimum absolute atomic E-state index is 0.474. The molecule has 0 aliphatic rings. The van der Waals surface area contributed by atoms with Crippen LogP contribution in [0.15, 0.2) is 71.6 Å². The first kappa shape index (κ1) is 18.2. The number of hydrogen-bond donors (Lipinski definition) is 2. The maximum absolute atomic E-state index is 6.45. The van der Waals surface area contributed by atoms with Gasteiger partial charge in [0.05, 0.1) is 5.69 Å². The average Bonchev–Trinajstić information content (AvgIpc) is 2.73. The zero-order valence-corrected chi connectivity index (χ0v) is 16.9. The Labute approximate surface area is 171 Å². The van der Waals surface area contributed by atoms with Gasteiger partial charge in [-0.2, -0.15) is 0 Å².